The van der Waals surface area contributed by atoms with Gasteiger partial charge in [0.05, 0.1) is 4.92 Å². The van der Waals surface area contributed by atoms with Gasteiger partial charge in [0.2, 0.25) is 5.91 Å². The maximum Gasteiger partial charge on any atom is 0.293 e. The van der Waals surface area contributed by atoms with E-state index in [0.29, 0.717) is 5.56 Å². The Balaban J connectivity index is 2.33. The van der Waals surface area contributed by atoms with Crippen molar-refractivity contribution in [2.75, 3.05) is 5.32 Å². The summed E-state index contributed by atoms with van der Waals surface area (Å²) in [5, 5.41) is 14.0. The summed E-state index contributed by atoms with van der Waals surface area (Å²) < 4.78 is 26.2. The quantitative estimate of drug-likeness (QED) is 0.653. The molecule has 0 aliphatic heterocycles. The third kappa shape index (κ3) is 3.60. The third-order valence-corrected chi connectivity index (χ3v) is 3.29. The number of amides is 1. The van der Waals surface area contributed by atoms with Crippen LogP contribution in [0.2, 0.25) is 0 Å². The smallest absolute Gasteiger partial charge is 0.293 e. The molecule has 8 heteroatoms. The van der Waals surface area contributed by atoms with Crippen molar-refractivity contribution in [1.29, 1.82) is 0 Å². The molecule has 0 aliphatic rings. The first-order valence-corrected chi connectivity index (χ1v) is 6.59. The van der Waals surface area contributed by atoms with Gasteiger partial charge in [-0.15, -0.1) is 0 Å². The molecule has 0 spiro atoms. The van der Waals surface area contributed by atoms with Gasteiger partial charge in [0, 0.05) is 17.7 Å². The Labute approximate surface area is 130 Å². The number of rotatable bonds is 5. The van der Waals surface area contributed by atoms with Crippen LogP contribution in [-0.2, 0) is 0 Å². The van der Waals surface area contributed by atoms with E-state index in [1.165, 1.54) is 18.2 Å². The first-order chi connectivity index (χ1) is 10.8. The fourth-order valence-electron chi connectivity index (χ4n) is 2.06. The number of halogens is 2. The summed E-state index contributed by atoms with van der Waals surface area (Å²) in [4.78, 5) is 21.6. The maximum absolute atomic E-state index is 13.3. The molecule has 1 atom stereocenters. The van der Waals surface area contributed by atoms with Crippen molar-refractivity contribution in [3.8, 4) is 0 Å². The number of carbonyl (C=O) groups is 1. The topological polar surface area (TPSA) is 98.3 Å². The SMILES string of the molecule is C[C@@H](Nc1ccc(C(N)=O)cc1[N+](=O)[O-])c1ccc(F)c(F)c1. The molecule has 0 heterocycles. The van der Waals surface area contributed by atoms with Gasteiger partial charge in [0.25, 0.3) is 5.69 Å². The molecule has 120 valence electrons. The van der Waals surface area contributed by atoms with E-state index in [-0.39, 0.29) is 16.9 Å². The summed E-state index contributed by atoms with van der Waals surface area (Å²) in [5.41, 5.74) is 5.31. The highest BCUT2D eigenvalue weighted by molar-refractivity contribution is 5.94. The molecule has 2 aromatic carbocycles. The average Bonchev–Trinajstić information content (AvgIpc) is 2.49. The van der Waals surface area contributed by atoms with Crippen molar-refractivity contribution in [2.45, 2.75) is 13.0 Å². The highest BCUT2D eigenvalue weighted by Crippen LogP contribution is 2.29. The van der Waals surface area contributed by atoms with Gasteiger partial charge < -0.3 is 11.1 Å². The monoisotopic (exact) mass is 321 g/mol. The first-order valence-electron chi connectivity index (χ1n) is 6.59. The second-order valence-corrected chi connectivity index (χ2v) is 4.89. The molecule has 2 rings (SSSR count). The lowest BCUT2D eigenvalue weighted by molar-refractivity contribution is -0.384. The lowest BCUT2D eigenvalue weighted by Gasteiger charge is -2.16. The van der Waals surface area contributed by atoms with E-state index in [2.05, 4.69) is 5.32 Å². The van der Waals surface area contributed by atoms with Crippen molar-refractivity contribution in [3.05, 3.63) is 69.3 Å². The fourth-order valence-corrected chi connectivity index (χ4v) is 2.06. The van der Waals surface area contributed by atoms with Crippen LogP contribution < -0.4 is 11.1 Å². The van der Waals surface area contributed by atoms with E-state index < -0.39 is 28.5 Å². The molecule has 6 nitrogen and oxygen atoms in total. The van der Waals surface area contributed by atoms with E-state index >= 15 is 0 Å². The van der Waals surface area contributed by atoms with E-state index in [9.17, 15) is 23.7 Å². The molecular formula is C15H13F2N3O3. The molecule has 0 unspecified atom stereocenters. The van der Waals surface area contributed by atoms with Gasteiger partial charge in [-0.2, -0.15) is 0 Å². The number of nitrogens with one attached hydrogen (secondary N) is 1. The summed E-state index contributed by atoms with van der Waals surface area (Å²) in [7, 11) is 0. The van der Waals surface area contributed by atoms with Crippen molar-refractivity contribution >= 4 is 17.3 Å². The van der Waals surface area contributed by atoms with Crippen LogP contribution in [0, 0.1) is 21.7 Å². The zero-order valence-corrected chi connectivity index (χ0v) is 12.0. The fraction of sp³-hybridized carbons (Fsp3) is 0.133. The Morgan fingerprint density at radius 1 is 1.22 bits per heavy atom. The number of anilines is 1. The molecule has 0 radical (unpaired) electrons. The van der Waals surface area contributed by atoms with Gasteiger partial charge in [-0.3, -0.25) is 14.9 Å². The Bertz CT molecular complexity index is 781. The summed E-state index contributed by atoms with van der Waals surface area (Å²) in [6.45, 7) is 1.64. The molecule has 1 amide bonds. The van der Waals surface area contributed by atoms with Crippen LogP contribution in [0.5, 0.6) is 0 Å². The van der Waals surface area contributed by atoms with E-state index in [1.54, 1.807) is 6.92 Å². The maximum atomic E-state index is 13.3. The first kappa shape index (κ1) is 16.3. The van der Waals surface area contributed by atoms with E-state index in [4.69, 9.17) is 5.73 Å². The molecule has 0 saturated heterocycles. The Kier molecular flexibility index (Phi) is 4.54. The van der Waals surface area contributed by atoms with Gasteiger partial charge in [0.15, 0.2) is 11.6 Å². The molecular weight excluding hydrogens is 308 g/mol. The molecule has 0 fully saturated rings. The normalized spacial score (nSPS) is 11.8. The van der Waals surface area contributed by atoms with Gasteiger partial charge in [-0.05, 0) is 36.8 Å². The molecule has 0 aromatic heterocycles. The number of nitrogens with zero attached hydrogens (tertiary/aromatic N) is 1. The van der Waals surface area contributed by atoms with Gasteiger partial charge in [-0.25, -0.2) is 8.78 Å². The van der Waals surface area contributed by atoms with Crippen LogP contribution >= 0.6 is 0 Å². The van der Waals surface area contributed by atoms with E-state index in [0.717, 1.165) is 18.2 Å². The van der Waals surface area contributed by atoms with Crippen LogP contribution in [0.3, 0.4) is 0 Å². The Hall–Kier alpha value is -3.03. The molecule has 3 N–H and O–H groups in total. The average molecular weight is 321 g/mol. The number of nitro groups is 1. The number of carbonyl (C=O) groups excluding carboxylic acids is 1. The number of hydrogen-bond donors (Lipinski definition) is 2. The highest BCUT2D eigenvalue weighted by atomic mass is 19.2. The molecule has 0 bridgehead atoms. The summed E-state index contributed by atoms with van der Waals surface area (Å²) in [6.07, 6.45) is 0. The largest absolute Gasteiger partial charge is 0.373 e. The lowest BCUT2D eigenvalue weighted by atomic mass is 10.1. The molecule has 23 heavy (non-hydrogen) atoms. The van der Waals surface area contributed by atoms with Gasteiger partial charge in [-0.1, -0.05) is 6.07 Å². The van der Waals surface area contributed by atoms with E-state index in [1.807, 2.05) is 0 Å². The molecule has 0 aliphatic carbocycles. The number of nitro benzene ring substituents is 1. The van der Waals surface area contributed by atoms with Crippen molar-refractivity contribution in [1.82, 2.24) is 0 Å². The Morgan fingerprint density at radius 2 is 1.91 bits per heavy atom. The Morgan fingerprint density at radius 3 is 2.48 bits per heavy atom. The van der Waals surface area contributed by atoms with Crippen LogP contribution in [0.1, 0.15) is 28.9 Å². The minimum atomic E-state index is -1.00. The number of primary amides is 1. The zero-order chi connectivity index (χ0) is 17.1. The standard InChI is InChI=1S/C15H13F2N3O3/c1-8(9-2-4-11(16)12(17)6-9)19-13-5-3-10(15(18)21)7-14(13)20(22)23/h2-8,19H,1H3,(H2,18,21)/t8-/m1/s1. The van der Waals surface area contributed by atoms with Crippen molar-refractivity contribution < 1.29 is 18.5 Å². The number of benzene rings is 2. The minimum Gasteiger partial charge on any atom is -0.373 e. The van der Waals surface area contributed by atoms with Crippen LogP contribution in [0.4, 0.5) is 20.2 Å². The third-order valence-electron chi connectivity index (χ3n) is 3.29. The van der Waals surface area contributed by atoms with Crippen LogP contribution in [0.15, 0.2) is 36.4 Å². The lowest BCUT2D eigenvalue weighted by Crippen LogP contribution is -2.13. The predicted molar refractivity (Wildman–Crippen MR) is 80.0 cm³/mol. The number of nitrogens with two attached hydrogens (primary N) is 1. The van der Waals surface area contributed by atoms with Crippen molar-refractivity contribution in [3.63, 3.8) is 0 Å². The minimum absolute atomic E-state index is 0.00253. The summed E-state index contributed by atoms with van der Waals surface area (Å²) >= 11 is 0. The van der Waals surface area contributed by atoms with Crippen LogP contribution in [-0.4, -0.2) is 10.8 Å². The van der Waals surface area contributed by atoms with Gasteiger partial charge >= 0.3 is 0 Å². The van der Waals surface area contributed by atoms with Gasteiger partial charge in [0.1, 0.15) is 5.69 Å². The summed E-state index contributed by atoms with van der Waals surface area (Å²) in [6, 6.07) is 6.58. The predicted octanol–water partition coefficient (Wildman–Crippen LogP) is 3.15. The van der Waals surface area contributed by atoms with Crippen LogP contribution in [0.25, 0.3) is 0 Å². The number of hydrogen-bond acceptors (Lipinski definition) is 4. The highest BCUT2D eigenvalue weighted by Gasteiger charge is 2.19. The summed E-state index contributed by atoms with van der Waals surface area (Å²) in [5.74, 6) is -2.76. The molecule has 2 aromatic rings. The second kappa shape index (κ2) is 6.39. The second-order valence-electron chi connectivity index (χ2n) is 4.89. The zero-order valence-electron chi connectivity index (χ0n) is 12.0. The molecule has 0 saturated carbocycles. The van der Waals surface area contributed by atoms with Crippen molar-refractivity contribution in [2.24, 2.45) is 5.73 Å².